The SMILES string of the molecule is O=C(O)C(F)(F)F.O=C(O)C(F)(F)F.O=C(O)C(F)(F)F.c1cncc(CN2CCOCC2c2csc(N3CCCC3)n2)c1. The minimum Gasteiger partial charge on any atom is -0.475 e. The number of morpholine rings is 1. The monoisotopic (exact) mass is 672 g/mol. The van der Waals surface area contributed by atoms with E-state index in [4.69, 9.17) is 39.4 Å². The fourth-order valence-electron chi connectivity index (χ4n) is 3.31. The van der Waals surface area contributed by atoms with E-state index in [0.717, 1.165) is 45.1 Å². The maximum Gasteiger partial charge on any atom is 0.490 e. The minimum atomic E-state index is -5.08. The number of hydrogen-bond donors (Lipinski definition) is 3. The second-order valence-corrected chi connectivity index (χ2v) is 9.42. The molecule has 0 radical (unpaired) electrons. The third kappa shape index (κ3) is 14.2. The molecular weight excluding hydrogens is 647 g/mol. The molecule has 2 fully saturated rings. The number of ether oxygens (including phenoxy) is 1. The molecule has 0 aliphatic carbocycles. The number of pyridine rings is 1. The normalized spacial score (nSPS) is 17.2. The molecule has 0 spiro atoms. The van der Waals surface area contributed by atoms with Gasteiger partial charge in [-0.15, -0.1) is 11.3 Å². The number of hydrogen-bond acceptors (Lipinski definition) is 9. The van der Waals surface area contributed by atoms with Crippen LogP contribution in [0.4, 0.5) is 44.6 Å². The summed E-state index contributed by atoms with van der Waals surface area (Å²) < 4.78 is 101. The minimum absolute atomic E-state index is 0.247. The van der Waals surface area contributed by atoms with Crippen LogP contribution >= 0.6 is 11.3 Å². The fraction of sp³-hybridized carbons (Fsp3) is 0.522. The Hall–Kier alpha value is -3.72. The van der Waals surface area contributed by atoms with Gasteiger partial charge in [0.2, 0.25) is 0 Å². The first-order chi connectivity index (χ1) is 20.2. The van der Waals surface area contributed by atoms with Crippen LogP contribution in [0.2, 0.25) is 0 Å². The number of alkyl halides is 9. The van der Waals surface area contributed by atoms with Crippen LogP contribution in [0.3, 0.4) is 0 Å². The van der Waals surface area contributed by atoms with Crippen LogP contribution in [0.5, 0.6) is 0 Å². The number of carboxylic acids is 3. The number of rotatable bonds is 4. The summed E-state index contributed by atoms with van der Waals surface area (Å²) in [6.07, 6.45) is -8.91. The van der Waals surface area contributed by atoms with Crippen molar-refractivity contribution in [2.75, 3.05) is 37.7 Å². The highest BCUT2D eigenvalue weighted by Crippen LogP contribution is 2.31. The molecule has 21 heteroatoms. The van der Waals surface area contributed by atoms with Gasteiger partial charge in [-0.05, 0) is 24.5 Å². The molecule has 0 bridgehead atoms. The number of thiazole rings is 1. The number of aliphatic carboxylic acids is 3. The van der Waals surface area contributed by atoms with Crippen molar-refractivity contribution in [1.29, 1.82) is 0 Å². The number of anilines is 1. The standard InChI is InChI=1S/C17H22N4OS.3C2HF3O2/c1-2-7-20(6-1)17-19-15(13-23-17)16-12-22-9-8-21(16)11-14-4-3-5-18-10-14;3*3-2(4,5)1(6)7/h3-5,10,13,16H,1-2,6-9,11-12H2;3*(H,6,7). The van der Waals surface area contributed by atoms with Crippen molar-refractivity contribution >= 4 is 34.4 Å². The quantitative estimate of drug-likeness (QED) is 0.391. The molecule has 3 N–H and O–H groups in total. The van der Waals surface area contributed by atoms with Crippen molar-refractivity contribution in [3.8, 4) is 0 Å². The second-order valence-electron chi connectivity index (χ2n) is 8.58. The van der Waals surface area contributed by atoms with Gasteiger partial charge < -0.3 is 25.0 Å². The molecule has 2 aliphatic heterocycles. The van der Waals surface area contributed by atoms with Gasteiger partial charge in [-0.1, -0.05) is 6.07 Å². The second kappa shape index (κ2) is 16.9. The third-order valence-electron chi connectivity index (χ3n) is 5.30. The van der Waals surface area contributed by atoms with E-state index in [1.54, 1.807) is 11.3 Å². The molecule has 0 amide bonds. The van der Waals surface area contributed by atoms with Crippen LogP contribution in [-0.2, 0) is 25.7 Å². The van der Waals surface area contributed by atoms with Gasteiger partial charge in [0.1, 0.15) is 0 Å². The van der Waals surface area contributed by atoms with Crippen molar-refractivity contribution in [2.24, 2.45) is 0 Å². The Kier molecular flexibility index (Phi) is 14.8. The van der Waals surface area contributed by atoms with E-state index in [2.05, 4.69) is 26.2 Å². The van der Waals surface area contributed by atoms with Crippen LogP contribution in [0.25, 0.3) is 0 Å². The number of aromatic nitrogens is 2. The molecule has 2 aliphatic rings. The van der Waals surface area contributed by atoms with E-state index in [1.807, 2.05) is 18.5 Å². The van der Waals surface area contributed by atoms with Crippen LogP contribution in [0.15, 0.2) is 29.9 Å². The molecule has 2 saturated heterocycles. The van der Waals surface area contributed by atoms with E-state index in [0.29, 0.717) is 0 Å². The zero-order valence-electron chi connectivity index (χ0n) is 22.2. The summed E-state index contributed by atoms with van der Waals surface area (Å²) >= 11 is 1.77. The Balaban J connectivity index is 0.000000379. The Morgan fingerprint density at radius 3 is 1.82 bits per heavy atom. The van der Waals surface area contributed by atoms with Gasteiger partial charge in [0.25, 0.3) is 0 Å². The maximum absolute atomic E-state index is 10.6. The summed E-state index contributed by atoms with van der Waals surface area (Å²) in [5.74, 6) is -8.27. The topological polar surface area (TPSA) is 153 Å². The molecule has 2 aromatic rings. The number of nitrogens with zero attached hydrogens (tertiary/aromatic N) is 4. The van der Waals surface area contributed by atoms with Crippen LogP contribution < -0.4 is 4.90 Å². The highest BCUT2D eigenvalue weighted by atomic mass is 32.1. The molecule has 2 aromatic heterocycles. The first-order valence-electron chi connectivity index (χ1n) is 12.0. The fourth-order valence-corrected chi connectivity index (χ4v) is 4.23. The third-order valence-corrected chi connectivity index (χ3v) is 6.22. The molecule has 0 aromatic carbocycles. The van der Waals surface area contributed by atoms with E-state index in [1.165, 1.54) is 23.5 Å². The van der Waals surface area contributed by atoms with Crippen LogP contribution in [-0.4, -0.2) is 99.5 Å². The van der Waals surface area contributed by atoms with Gasteiger partial charge in [-0.2, -0.15) is 39.5 Å². The number of halogens is 9. The summed E-state index contributed by atoms with van der Waals surface area (Å²) in [6, 6.07) is 4.38. The average Bonchev–Trinajstić information content (AvgIpc) is 3.62. The van der Waals surface area contributed by atoms with Crippen LogP contribution in [0.1, 0.15) is 30.1 Å². The van der Waals surface area contributed by atoms with E-state index >= 15 is 0 Å². The highest BCUT2D eigenvalue weighted by molar-refractivity contribution is 7.13. The summed E-state index contributed by atoms with van der Waals surface area (Å²) in [7, 11) is 0. The van der Waals surface area contributed by atoms with Crippen molar-refractivity contribution in [3.63, 3.8) is 0 Å². The van der Waals surface area contributed by atoms with Gasteiger partial charge >= 0.3 is 36.4 Å². The zero-order chi connectivity index (χ0) is 33.7. The lowest BCUT2D eigenvalue weighted by atomic mass is 10.1. The average molecular weight is 673 g/mol. The lowest BCUT2D eigenvalue weighted by Crippen LogP contribution is -2.39. The molecule has 248 valence electrons. The molecule has 44 heavy (non-hydrogen) atoms. The smallest absolute Gasteiger partial charge is 0.475 e. The molecular formula is C23H25F9N4O7S. The first-order valence-corrected chi connectivity index (χ1v) is 12.9. The summed E-state index contributed by atoms with van der Waals surface area (Å²) in [4.78, 5) is 40.7. The van der Waals surface area contributed by atoms with Gasteiger partial charge in [0.05, 0.1) is 24.9 Å². The number of carbonyl (C=O) groups is 3. The van der Waals surface area contributed by atoms with Crippen molar-refractivity contribution in [3.05, 3.63) is 41.2 Å². The Morgan fingerprint density at radius 1 is 0.886 bits per heavy atom. The molecule has 1 atom stereocenters. The highest BCUT2D eigenvalue weighted by Gasteiger charge is 2.39. The molecule has 4 rings (SSSR count). The maximum atomic E-state index is 10.6. The molecule has 0 saturated carbocycles. The predicted molar refractivity (Wildman–Crippen MR) is 133 cm³/mol. The Labute approximate surface area is 246 Å². The lowest BCUT2D eigenvalue weighted by molar-refractivity contribution is -0.193. The van der Waals surface area contributed by atoms with Crippen molar-refractivity contribution in [1.82, 2.24) is 14.9 Å². The molecule has 11 nitrogen and oxygen atoms in total. The van der Waals surface area contributed by atoms with E-state index in [-0.39, 0.29) is 6.04 Å². The van der Waals surface area contributed by atoms with Crippen molar-refractivity contribution in [2.45, 2.75) is 44.0 Å². The summed E-state index contributed by atoms with van der Waals surface area (Å²) in [5.41, 5.74) is 2.40. The van der Waals surface area contributed by atoms with Gasteiger partial charge in [-0.3, -0.25) is 9.88 Å². The first kappa shape index (κ1) is 38.3. The predicted octanol–water partition coefficient (Wildman–Crippen LogP) is 4.61. The zero-order valence-corrected chi connectivity index (χ0v) is 23.0. The molecule has 1 unspecified atom stereocenters. The Bertz CT molecular complexity index is 1130. The van der Waals surface area contributed by atoms with Gasteiger partial charge in [0.15, 0.2) is 5.13 Å². The number of carboxylic acid groups (broad SMARTS) is 3. The largest absolute Gasteiger partial charge is 0.490 e. The van der Waals surface area contributed by atoms with E-state index < -0.39 is 36.4 Å². The Morgan fingerprint density at radius 2 is 1.39 bits per heavy atom. The van der Waals surface area contributed by atoms with Gasteiger partial charge in [0, 0.05) is 44.0 Å². The lowest BCUT2D eigenvalue weighted by Gasteiger charge is -2.34. The van der Waals surface area contributed by atoms with Crippen molar-refractivity contribution < 1.29 is 74.0 Å². The molecule has 4 heterocycles. The van der Waals surface area contributed by atoms with Crippen LogP contribution in [0, 0.1) is 0 Å². The summed E-state index contributed by atoms with van der Waals surface area (Å²) in [5, 5.41) is 24.8. The van der Waals surface area contributed by atoms with E-state index in [9.17, 15) is 39.5 Å². The summed E-state index contributed by atoms with van der Waals surface area (Å²) in [6.45, 7) is 5.65. The van der Waals surface area contributed by atoms with Gasteiger partial charge in [-0.25, -0.2) is 19.4 Å².